The predicted octanol–water partition coefficient (Wildman–Crippen LogP) is 1.69. The minimum Gasteiger partial charge on any atom is -0.461 e. The smallest absolute Gasteiger partial charge is 0.358 e. The van der Waals surface area contributed by atoms with Gasteiger partial charge in [0.2, 0.25) is 0 Å². The number of esters is 1. The van der Waals surface area contributed by atoms with E-state index in [9.17, 15) is 4.79 Å². The van der Waals surface area contributed by atoms with Crippen molar-refractivity contribution in [2.45, 2.75) is 13.5 Å². The molecular weight excluding hydrogens is 230 g/mol. The first kappa shape index (κ1) is 12.2. The van der Waals surface area contributed by atoms with Crippen LogP contribution < -0.4 is 5.73 Å². The van der Waals surface area contributed by atoms with Crippen LogP contribution in [-0.4, -0.2) is 22.4 Å². The van der Waals surface area contributed by atoms with Crippen molar-refractivity contribution in [1.29, 1.82) is 0 Å². The molecule has 0 amide bonds. The summed E-state index contributed by atoms with van der Waals surface area (Å²) < 4.78 is 6.46. The Balaban J connectivity index is 2.17. The number of nitrogens with zero attached hydrogens (tertiary/aromatic N) is 2. The second kappa shape index (κ2) is 5.35. The number of carbonyl (C=O) groups is 1. The molecule has 0 radical (unpaired) electrons. The maximum Gasteiger partial charge on any atom is 0.358 e. The van der Waals surface area contributed by atoms with Gasteiger partial charge in [0.05, 0.1) is 13.2 Å². The van der Waals surface area contributed by atoms with E-state index in [1.807, 2.05) is 30.3 Å². The molecule has 1 aromatic heterocycles. The van der Waals surface area contributed by atoms with E-state index in [2.05, 4.69) is 5.10 Å². The molecule has 2 aromatic rings. The van der Waals surface area contributed by atoms with Gasteiger partial charge in [-0.05, 0) is 12.5 Å². The summed E-state index contributed by atoms with van der Waals surface area (Å²) in [4.78, 5) is 11.5. The Morgan fingerprint density at radius 1 is 1.39 bits per heavy atom. The molecule has 1 heterocycles. The summed E-state index contributed by atoms with van der Waals surface area (Å²) in [6.07, 6.45) is 0. The zero-order chi connectivity index (χ0) is 13.0. The van der Waals surface area contributed by atoms with Crippen LogP contribution in [0.3, 0.4) is 0 Å². The topological polar surface area (TPSA) is 70.1 Å². The number of hydrogen-bond donors (Lipinski definition) is 1. The van der Waals surface area contributed by atoms with E-state index in [0.29, 0.717) is 19.0 Å². The Hall–Kier alpha value is -2.30. The number of rotatable bonds is 4. The highest BCUT2D eigenvalue weighted by Crippen LogP contribution is 2.10. The highest BCUT2D eigenvalue weighted by molar-refractivity contribution is 5.88. The van der Waals surface area contributed by atoms with Gasteiger partial charge in [-0.2, -0.15) is 5.10 Å². The lowest BCUT2D eigenvalue weighted by atomic mass is 10.2. The summed E-state index contributed by atoms with van der Waals surface area (Å²) in [5, 5.41) is 4.14. The lowest BCUT2D eigenvalue weighted by Gasteiger charge is -2.03. The fourth-order valence-corrected chi connectivity index (χ4v) is 1.62. The second-order valence-corrected chi connectivity index (χ2v) is 3.82. The number of nitrogens with two attached hydrogens (primary N) is 1. The quantitative estimate of drug-likeness (QED) is 0.832. The average molecular weight is 245 g/mol. The van der Waals surface area contributed by atoms with Gasteiger partial charge in [-0.1, -0.05) is 30.3 Å². The molecule has 18 heavy (non-hydrogen) atoms. The van der Waals surface area contributed by atoms with E-state index in [4.69, 9.17) is 10.5 Å². The molecule has 94 valence electrons. The second-order valence-electron chi connectivity index (χ2n) is 3.82. The van der Waals surface area contributed by atoms with Gasteiger partial charge in [0.15, 0.2) is 5.69 Å². The van der Waals surface area contributed by atoms with Crippen molar-refractivity contribution in [1.82, 2.24) is 9.78 Å². The molecule has 1 aromatic carbocycles. The van der Waals surface area contributed by atoms with Crippen molar-refractivity contribution in [3.05, 3.63) is 47.7 Å². The predicted molar refractivity (Wildman–Crippen MR) is 68.1 cm³/mol. The molecule has 0 fully saturated rings. The lowest BCUT2D eigenvalue weighted by Crippen LogP contribution is -2.08. The number of nitrogen functional groups attached to an aromatic ring is 1. The molecule has 0 saturated heterocycles. The zero-order valence-corrected chi connectivity index (χ0v) is 10.2. The normalized spacial score (nSPS) is 10.3. The van der Waals surface area contributed by atoms with Crippen molar-refractivity contribution >= 4 is 11.8 Å². The summed E-state index contributed by atoms with van der Waals surface area (Å²) in [6, 6.07) is 11.3. The van der Waals surface area contributed by atoms with Gasteiger partial charge >= 0.3 is 5.97 Å². The number of anilines is 1. The maximum absolute atomic E-state index is 11.5. The average Bonchev–Trinajstić information content (AvgIpc) is 2.73. The first-order valence-electron chi connectivity index (χ1n) is 5.75. The summed E-state index contributed by atoms with van der Waals surface area (Å²) >= 11 is 0. The molecule has 5 heteroatoms. The van der Waals surface area contributed by atoms with E-state index >= 15 is 0 Å². The molecule has 0 aliphatic carbocycles. The zero-order valence-electron chi connectivity index (χ0n) is 10.2. The number of benzene rings is 1. The Morgan fingerprint density at radius 3 is 2.78 bits per heavy atom. The summed E-state index contributed by atoms with van der Waals surface area (Å²) in [5.41, 5.74) is 7.13. The van der Waals surface area contributed by atoms with Gasteiger partial charge in [-0.25, -0.2) is 9.48 Å². The van der Waals surface area contributed by atoms with Gasteiger partial charge < -0.3 is 10.5 Å². The van der Waals surface area contributed by atoms with Crippen LogP contribution in [0.4, 0.5) is 5.82 Å². The van der Waals surface area contributed by atoms with Gasteiger partial charge in [0.25, 0.3) is 0 Å². The first-order chi connectivity index (χ1) is 8.70. The van der Waals surface area contributed by atoms with Crippen molar-refractivity contribution in [3.63, 3.8) is 0 Å². The number of aromatic nitrogens is 2. The third kappa shape index (κ3) is 2.68. The monoisotopic (exact) mass is 245 g/mol. The standard InChI is InChI=1S/C13H15N3O2/c1-2-18-13(17)11-8-12(14)16(15-11)9-10-6-4-3-5-7-10/h3-8H,2,9,14H2,1H3. The Bertz CT molecular complexity index is 534. The van der Waals surface area contributed by atoms with Crippen molar-refractivity contribution in [2.75, 3.05) is 12.3 Å². The van der Waals surface area contributed by atoms with Crippen LogP contribution in [-0.2, 0) is 11.3 Å². The number of hydrogen-bond acceptors (Lipinski definition) is 4. The SMILES string of the molecule is CCOC(=O)c1cc(N)n(Cc2ccccc2)n1. The fourth-order valence-electron chi connectivity index (χ4n) is 1.62. The fraction of sp³-hybridized carbons (Fsp3) is 0.231. The van der Waals surface area contributed by atoms with E-state index in [-0.39, 0.29) is 5.69 Å². The third-order valence-electron chi connectivity index (χ3n) is 2.47. The molecule has 2 rings (SSSR count). The Labute approximate surface area is 105 Å². The molecule has 0 spiro atoms. The minimum atomic E-state index is -0.448. The van der Waals surface area contributed by atoms with Crippen LogP contribution in [0.1, 0.15) is 23.0 Å². The highest BCUT2D eigenvalue weighted by atomic mass is 16.5. The van der Waals surface area contributed by atoms with Gasteiger partial charge in [0.1, 0.15) is 5.82 Å². The van der Waals surface area contributed by atoms with Crippen molar-refractivity contribution < 1.29 is 9.53 Å². The van der Waals surface area contributed by atoms with Crippen LogP contribution in [0, 0.1) is 0 Å². The first-order valence-corrected chi connectivity index (χ1v) is 5.75. The largest absolute Gasteiger partial charge is 0.461 e. The van der Waals surface area contributed by atoms with Gasteiger partial charge in [0, 0.05) is 6.07 Å². The van der Waals surface area contributed by atoms with Crippen LogP contribution >= 0.6 is 0 Å². The molecule has 0 unspecified atom stereocenters. The molecule has 0 atom stereocenters. The maximum atomic E-state index is 11.5. The van der Waals surface area contributed by atoms with E-state index in [1.165, 1.54) is 6.07 Å². The molecule has 0 bridgehead atoms. The van der Waals surface area contributed by atoms with Crippen molar-refractivity contribution in [2.24, 2.45) is 0 Å². The Kier molecular flexibility index (Phi) is 3.62. The van der Waals surface area contributed by atoms with Gasteiger partial charge in [-0.15, -0.1) is 0 Å². The van der Waals surface area contributed by atoms with Crippen LogP contribution in [0.15, 0.2) is 36.4 Å². The molecule has 2 N–H and O–H groups in total. The molecule has 0 aliphatic rings. The number of ether oxygens (including phenoxy) is 1. The lowest BCUT2D eigenvalue weighted by molar-refractivity contribution is 0.0518. The van der Waals surface area contributed by atoms with E-state index < -0.39 is 5.97 Å². The van der Waals surface area contributed by atoms with Crippen LogP contribution in [0.2, 0.25) is 0 Å². The minimum absolute atomic E-state index is 0.241. The molecule has 0 saturated carbocycles. The summed E-state index contributed by atoms with van der Waals surface area (Å²) in [6.45, 7) is 2.61. The molecule has 5 nitrogen and oxygen atoms in total. The van der Waals surface area contributed by atoms with Gasteiger partial charge in [-0.3, -0.25) is 0 Å². The number of carbonyl (C=O) groups excluding carboxylic acids is 1. The third-order valence-corrected chi connectivity index (χ3v) is 2.47. The highest BCUT2D eigenvalue weighted by Gasteiger charge is 2.13. The molecular formula is C13H15N3O2. The Morgan fingerprint density at radius 2 is 2.11 bits per heavy atom. The van der Waals surface area contributed by atoms with Crippen LogP contribution in [0.5, 0.6) is 0 Å². The van der Waals surface area contributed by atoms with Crippen LogP contribution in [0.25, 0.3) is 0 Å². The summed E-state index contributed by atoms with van der Waals surface area (Å²) in [7, 11) is 0. The van der Waals surface area contributed by atoms with E-state index in [0.717, 1.165) is 5.56 Å². The summed E-state index contributed by atoms with van der Waals surface area (Å²) in [5.74, 6) is -0.00193. The van der Waals surface area contributed by atoms with Crippen molar-refractivity contribution in [3.8, 4) is 0 Å². The molecule has 0 aliphatic heterocycles. The van der Waals surface area contributed by atoms with E-state index in [1.54, 1.807) is 11.6 Å².